The van der Waals surface area contributed by atoms with Crippen molar-refractivity contribution >= 4 is 26.8 Å². The fourth-order valence-corrected chi connectivity index (χ4v) is 4.24. The molecule has 0 N–H and O–H groups in total. The monoisotopic (exact) mass is 408 g/mol. The molecule has 148 valence electrons. The lowest BCUT2D eigenvalue weighted by molar-refractivity contribution is 0.0991. The maximum atomic E-state index is 13.0. The summed E-state index contributed by atoms with van der Waals surface area (Å²) in [6, 6.07) is 4.94. The van der Waals surface area contributed by atoms with Crippen molar-refractivity contribution in [3.8, 4) is 0 Å². The zero-order chi connectivity index (χ0) is 21.0. The molecule has 3 heterocycles. The van der Waals surface area contributed by atoms with Crippen molar-refractivity contribution in [3.63, 3.8) is 0 Å². The van der Waals surface area contributed by atoms with Crippen LogP contribution in [0.25, 0.3) is 11.0 Å². The van der Waals surface area contributed by atoms with Crippen LogP contribution in [-0.4, -0.2) is 33.1 Å². The summed E-state index contributed by atoms with van der Waals surface area (Å²) in [7, 11) is -3.84. The Balaban J connectivity index is 1.97. The van der Waals surface area contributed by atoms with Crippen LogP contribution in [0.4, 0.5) is 0 Å². The van der Waals surface area contributed by atoms with Crippen LogP contribution in [0, 0.1) is 6.92 Å². The van der Waals surface area contributed by atoms with Crippen molar-refractivity contribution in [2.75, 3.05) is 0 Å². The molecule has 0 aromatic carbocycles. The first-order chi connectivity index (χ1) is 13.9. The Labute approximate surface area is 169 Å². The van der Waals surface area contributed by atoms with Crippen LogP contribution in [0.1, 0.15) is 28.8 Å². The van der Waals surface area contributed by atoms with Gasteiger partial charge in [-0.25, -0.2) is 27.3 Å². The van der Waals surface area contributed by atoms with Crippen molar-refractivity contribution in [2.45, 2.75) is 20.3 Å². The first-order valence-electron chi connectivity index (χ1n) is 8.86. The van der Waals surface area contributed by atoms with Gasteiger partial charge in [0.2, 0.25) is 0 Å². The molecule has 0 unspecified atom stereocenters. The second kappa shape index (κ2) is 8.32. The fourth-order valence-electron chi connectivity index (χ4n) is 2.84. The molecule has 0 bridgehead atoms. The molecule has 0 aliphatic carbocycles. The van der Waals surface area contributed by atoms with Crippen LogP contribution in [0.5, 0.6) is 0 Å². The number of aromatic nitrogens is 4. The van der Waals surface area contributed by atoms with E-state index in [0.717, 1.165) is 3.97 Å². The molecule has 0 spiro atoms. The van der Waals surface area contributed by atoms with Crippen LogP contribution >= 0.6 is 0 Å². The van der Waals surface area contributed by atoms with Crippen LogP contribution in [-0.2, 0) is 16.4 Å². The van der Waals surface area contributed by atoms with Gasteiger partial charge in [-0.2, -0.15) is 0 Å². The Bertz CT molecular complexity index is 1250. The van der Waals surface area contributed by atoms with E-state index in [4.69, 9.17) is 0 Å². The highest BCUT2D eigenvalue weighted by Crippen LogP contribution is 2.22. The number of fused-ring (bicyclic) bond motifs is 1. The second-order valence-electron chi connectivity index (χ2n) is 6.25. The third-order valence-corrected chi connectivity index (χ3v) is 5.84. The number of aryl methyl sites for hydroxylation is 1. The number of nitrogens with zero attached hydrogens (tertiary/aromatic N) is 4. The molecule has 0 atom stereocenters. The minimum absolute atomic E-state index is 0.0913. The summed E-state index contributed by atoms with van der Waals surface area (Å²) in [6.45, 7) is 7.05. The number of allylic oxidation sites excluding steroid dienone is 4. The van der Waals surface area contributed by atoms with Crippen molar-refractivity contribution in [1.29, 1.82) is 0 Å². The average molecular weight is 408 g/mol. The normalized spacial score (nSPS) is 12.6. The van der Waals surface area contributed by atoms with Crippen LogP contribution < -0.4 is 0 Å². The lowest BCUT2D eigenvalue weighted by atomic mass is 10.1. The van der Waals surface area contributed by atoms with Gasteiger partial charge in [0.25, 0.3) is 10.0 Å². The number of carbonyl (C=O) groups excluding carboxylic acids is 1. The van der Waals surface area contributed by atoms with Crippen molar-refractivity contribution in [1.82, 2.24) is 18.9 Å². The number of ketones is 1. The molecule has 8 heteroatoms. The van der Waals surface area contributed by atoms with E-state index in [-0.39, 0.29) is 22.8 Å². The molecular formula is C21H20N4O3S. The van der Waals surface area contributed by atoms with E-state index in [1.807, 2.05) is 0 Å². The van der Waals surface area contributed by atoms with Gasteiger partial charge in [0, 0.05) is 29.5 Å². The van der Waals surface area contributed by atoms with E-state index < -0.39 is 10.0 Å². The molecule has 3 rings (SSSR count). The summed E-state index contributed by atoms with van der Waals surface area (Å²) in [6.07, 6.45) is 10.5. The highest BCUT2D eigenvalue weighted by Gasteiger charge is 2.21. The van der Waals surface area contributed by atoms with Crippen molar-refractivity contribution in [2.24, 2.45) is 0 Å². The van der Waals surface area contributed by atoms with Crippen molar-refractivity contribution in [3.05, 3.63) is 89.7 Å². The number of hydrogen-bond acceptors (Lipinski definition) is 6. The van der Waals surface area contributed by atoms with Crippen LogP contribution in [0.15, 0.2) is 72.6 Å². The third-order valence-electron chi connectivity index (χ3n) is 4.16. The first-order valence-corrected chi connectivity index (χ1v) is 10.3. The Kier molecular flexibility index (Phi) is 5.84. The Morgan fingerprint density at radius 1 is 1.28 bits per heavy atom. The van der Waals surface area contributed by atoms with Gasteiger partial charge in [0.05, 0.1) is 17.0 Å². The Morgan fingerprint density at radius 3 is 2.76 bits per heavy atom. The summed E-state index contributed by atoms with van der Waals surface area (Å²) in [5.41, 5.74) is 1.26. The SMILES string of the molecule is C=C/C=C(\C=C/C)S(=O)(=O)n1ccc2cc(C(=O)Cc3ccnc(C)n3)cnc21. The number of Topliss-reactive ketones (excluding diaryl/α,β-unsaturated/α-hetero) is 1. The van der Waals surface area contributed by atoms with Gasteiger partial charge in [0.1, 0.15) is 5.82 Å². The van der Waals surface area contributed by atoms with E-state index in [0.29, 0.717) is 22.5 Å². The Morgan fingerprint density at radius 2 is 2.07 bits per heavy atom. The lowest BCUT2D eigenvalue weighted by Crippen LogP contribution is -2.14. The predicted molar refractivity (Wildman–Crippen MR) is 112 cm³/mol. The van der Waals surface area contributed by atoms with Gasteiger partial charge >= 0.3 is 0 Å². The number of rotatable bonds is 7. The fraction of sp³-hybridized carbons (Fsp3) is 0.143. The smallest absolute Gasteiger partial charge is 0.269 e. The van der Waals surface area contributed by atoms with E-state index in [1.165, 1.54) is 30.6 Å². The van der Waals surface area contributed by atoms with E-state index in [2.05, 4.69) is 21.5 Å². The van der Waals surface area contributed by atoms with Gasteiger partial charge < -0.3 is 0 Å². The Hall–Kier alpha value is -3.39. The largest absolute Gasteiger partial charge is 0.294 e. The highest BCUT2D eigenvalue weighted by molar-refractivity contribution is 7.94. The quantitative estimate of drug-likeness (QED) is 0.439. The van der Waals surface area contributed by atoms with Crippen molar-refractivity contribution < 1.29 is 13.2 Å². The molecule has 0 fully saturated rings. The first kappa shape index (κ1) is 20.3. The zero-order valence-electron chi connectivity index (χ0n) is 16.1. The maximum Gasteiger partial charge on any atom is 0.269 e. The van der Waals surface area contributed by atoms with E-state index in [9.17, 15) is 13.2 Å². The van der Waals surface area contributed by atoms with Crippen LogP contribution in [0.3, 0.4) is 0 Å². The number of hydrogen-bond donors (Lipinski definition) is 0. The predicted octanol–water partition coefficient (Wildman–Crippen LogP) is 3.38. The molecule has 0 radical (unpaired) electrons. The minimum atomic E-state index is -3.84. The third kappa shape index (κ3) is 4.22. The molecule has 3 aromatic rings. The lowest BCUT2D eigenvalue weighted by Gasteiger charge is -2.08. The summed E-state index contributed by atoms with van der Waals surface area (Å²) < 4.78 is 27.0. The number of carbonyl (C=O) groups is 1. The van der Waals surface area contributed by atoms with Gasteiger partial charge in [-0.3, -0.25) is 4.79 Å². The molecule has 0 saturated carbocycles. The summed E-state index contributed by atoms with van der Waals surface area (Å²) in [5.74, 6) is 0.435. The average Bonchev–Trinajstić information content (AvgIpc) is 3.12. The molecular weight excluding hydrogens is 388 g/mol. The van der Waals surface area contributed by atoms with Gasteiger partial charge in [-0.15, -0.1) is 0 Å². The van der Waals surface area contributed by atoms with Gasteiger partial charge in [-0.05, 0) is 44.2 Å². The summed E-state index contributed by atoms with van der Waals surface area (Å²) >= 11 is 0. The molecule has 0 aliphatic rings. The molecule has 3 aromatic heterocycles. The topological polar surface area (TPSA) is 94.8 Å². The molecule has 0 aliphatic heterocycles. The maximum absolute atomic E-state index is 13.0. The van der Waals surface area contributed by atoms with E-state index >= 15 is 0 Å². The second-order valence-corrected chi connectivity index (χ2v) is 8.07. The van der Waals surface area contributed by atoms with Gasteiger partial charge in [0.15, 0.2) is 11.4 Å². The molecule has 29 heavy (non-hydrogen) atoms. The minimum Gasteiger partial charge on any atom is -0.294 e. The molecule has 7 nitrogen and oxygen atoms in total. The zero-order valence-corrected chi connectivity index (χ0v) is 16.9. The number of pyridine rings is 1. The van der Waals surface area contributed by atoms with E-state index in [1.54, 1.807) is 44.3 Å². The summed E-state index contributed by atoms with van der Waals surface area (Å²) in [5, 5.41) is 0.553. The molecule has 0 saturated heterocycles. The highest BCUT2D eigenvalue weighted by atomic mass is 32.2. The van der Waals surface area contributed by atoms with Gasteiger partial charge in [-0.1, -0.05) is 18.7 Å². The van der Waals surface area contributed by atoms with Crippen LogP contribution in [0.2, 0.25) is 0 Å². The standard InChI is InChI=1S/C21H20N4O3S/c1-4-6-19(7-5-2)29(27,28)25-11-9-16-12-17(14-23-21(16)25)20(26)13-18-8-10-22-15(3)24-18/h4-12,14H,1,13H2,2-3H3/b7-5-,19-6+. The summed E-state index contributed by atoms with van der Waals surface area (Å²) in [4.78, 5) is 25.2. The molecule has 0 amide bonds.